The molecule has 3 rings (SSSR count). The molecule has 0 bridgehead atoms. The summed E-state index contributed by atoms with van der Waals surface area (Å²) < 4.78 is 5.45. The van der Waals surface area contributed by atoms with Gasteiger partial charge in [-0.2, -0.15) is 0 Å². The third-order valence-corrected chi connectivity index (χ3v) is 5.67. The summed E-state index contributed by atoms with van der Waals surface area (Å²) in [6.07, 6.45) is 0.714. The van der Waals surface area contributed by atoms with Gasteiger partial charge in [0.2, 0.25) is 11.8 Å². The number of ether oxygens (including phenoxy) is 1. The quantitative estimate of drug-likeness (QED) is 0.321. The second-order valence-corrected chi connectivity index (χ2v) is 8.38. The first-order valence-electron chi connectivity index (χ1n) is 11.9. The molecule has 0 heterocycles. The van der Waals surface area contributed by atoms with Crippen LogP contribution in [0.5, 0.6) is 5.75 Å². The van der Waals surface area contributed by atoms with E-state index in [1.807, 2.05) is 85.8 Å². The molecule has 0 saturated carbocycles. The van der Waals surface area contributed by atoms with E-state index in [1.54, 1.807) is 0 Å². The molecule has 0 aromatic heterocycles. The summed E-state index contributed by atoms with van der Waals surface area (Å²) in [4.78, 5) is 26.0. The summed E-state index contributed by atoms with van der Waals surface area (Å²) >= 11 is 0. The Morgan fingerprint density at radius 3 is 2.03 bits per heavy atom. The van der Waals surface area contributed by atoms with Crippen molar-refractivity contribution in [2.75, 3.05) is 6.61 Å². The molecule has 0 radical (unpaired) electrons. The molecule has 0 aliphatic heterocycles. The van der Waals surface area contributed by atoms with Crippen molar-refractivity contribution >= 4 is 11.8 Å². The van der Waals surface area contributed by atoms with Gasteiger partial charge < -0.3 is 26.8 Å². The Kier molecular flexibility index (Phi) is 9.83. The monoisotopic (exact) mass is 474 g/mol. The summed E-state index contributed by atoms with van der Waals surface area (Å²) in [7, 11) is 0. The van der Waals surface area contributed by atoms with Gasteiger partial charge >= 0.3 is 0 Å². The van der Waals surface area contributed by atoms with Crippen LogP contribution in [0.2, 0.25) is 0 Å². The van der Waals surface area contributed by atoms with Crippen molar-refractivity contribution in [3.63, 3.8) is 0 Å². The number of benzene rings is 3. The van der Waals surface area contributed by atoms with Crippen molar-refractivity contribution in [1.29, 1.82) is 0 Å². The Morgan fingerprint density at radius 2 is 1.40 bits per heavy atom. The zero-order valence-electron chi connectivity index (χ0n) is 20.1. The molecule has 6 N–H and O–H groups in total. The van der Waals surface area contributed by atoms with Crippen LogP contribution in [0.4, 0.5) is 0 Å². The SMILES string of the molecule is CCOc1ccc(CC(N)C(=O)N[C@@H](Cc2ccccc2)C(=O)NCc2ccc(CN)cc2)cc1. The van der Waals surface area contributed by atoms with E-state index >= 15 is 0 Å². The lowest BCUT2D eigenvalue weighted by Gasteiger charge is -2.21. The highest BCUT2D eigenvalue weighted by Gasteiger charge is 2.24. The molecule has 3 aromatic rings. The van der Waals surface area contributed by atoms with Crippen molar-refractivity contribution < 1.29 is 14.3 Å². The average Bonchev–Trinajstić information content (AvgIpc) is 2.89. The summed E-state index contributed by atoms with van der Waals surface area (Å²) in [6.45, 7) is 3.33. The molecule has 184 valence electrons. The van der Waals surface area contributed by atoms with Crippen LogP contribution < -0.4 is 26.8 Å². The molecule has 3 aromatic carbocycles. The smallest absolute Gasteiger partial charge is 0.243 e. The molecule has 7 heteroatoms. The van der Waals surface area contributed by atoms with E-state index in [4.69, 9.17) is 16.2 Å². The van der Waals surface area contributed by atoms with E-state index in [-0.39, 0.29) is 11.8 Å². The predicted octanol–water partition coefficient (Wildman–Crippen LogP) is 2.46. The summed E-state index contributed by atoms with van der Waals surface area (Å²) in [5.74, 6) is 0.132. The minimum Gasteiger partial charge on any atom is -0.494 e. The van der Waals surface area contributed by atoms with E-state index in [2.05, 4.69) is 10.6 Å². The third kappa shape index (κ3) is 8.24. The van der Waals surface area contributed by atoms with Gasteiger partial charge in [0.25, 0.3) is 0 Å². The van der Waals surface area contributed by atoms with Gasteiger partial charge in [-0.25, -0.2) is 0 Å². The van der Waals surface area contributed by atoms with Crippen molar-refractivity contribution in [1.82, 2.24) is 10.6 Å². The standard InChI is InChI=1S/C28H34N4O3/c1-2-35-24-14-12-21(13-15-24)16-25(30)27(33)32-26(17-20-6-4-3-5-7-20)28(34)31-19-23-10-8-22(18-29)9-11-23/h3-15,25-26H,2,16-19,29-30H2,1H3,(H,31,34)(H,32,33)/t25?,26-/m0/s1. The molecule has 2 amide bonds. The van der Waals surface area contributed by atoms with Crippen molar-refractivity contribution in [3.8, 4) is 5.75 Å². The highest BCUT2D eigenvalue weighted by atomic mass is 16.5. The fourth-order valence-electron chi connectivity index (χ4n) is 3.68. The van der Waals surface area contributed by atoms with Crippen LogP contribution in [0.25, 0.3) is 0 Å². The fourth-order valence-corrected chi connectivity index (χ4v) is 3.68. The van der Waals surface area contributed by atoms with Crippen molar-refractivity contribution in [2.45, 2.75) is 44.9 Å². The van der Waals surface area contributed by atoms with Gasteiger partial charge in [0.1, 0.15) is 11.8 Å². The zero-order valence-corrected chi connectivity index (χ0v) is 20.1. The van der Waals surface area contributed by atoms with Gasteiger partial charge in [0, 0.05) is 19.5 Å². The minimum atomic E-state index is -0.789. The molecule has 7 nitrogen and oxygen atoms in total. The van der Waals surface area contributed by atoms with Crippen LogP contribution in [0, 0.1) is 0 Å². The van der Waals surface area contributed by atoms with Gasteiger partial charge in [-0.1, -0.05) is 66.7 Å². The molecule has 2 atom stereocenters. The Hall–Kier alpha value is -3.68. The Bertz CT molecular complexity index is 1070. The summed E-state index contributed by atoms with van der Waals surface area (Å²) in [5, 5.41) is 5.78. The number of nitrogens with two attached hydrogens (primary N) is 2. The van der Waals surface area contributed by atoms with Gasteiger partial charge in [0.15, 0.2) is 0 Å². The lowest BCUT2D eigenvalue weighted by Crippen LogP contribution is -2.52. The van der Waals surface area contributed by atoms with E-state index in [9.17, 15) is 9.59 Å². The van der Waals surface area contributed by atoms with Crippen LogP contribution in [0.3, 0.4) is 0 Å². The number of carbonyl (C=O) groups excluding carboxylic acids is 2. The second kappa shape index (κ2) is 13.3. The highest BCUT2D eigenvalue weighted by Crippen LogP contribution is 2.13. The lowest BCUT2D eigenvalue weighted by atomic mass is 10.0. The van der Waals surface area contributed by atoms with E-state index in [1.165, 1.54) is 0 Å². The van der Waals surface area contributed by atoms with Crippen LogP contribution in [0.1, 0.15) is 29.2 Å². The average molecular weight is 475 g/mol. The maximum atomic E-state index is 13.1. The molecule has 0 aliphatic carbocycles. The first-order valence-corrected chi connectivity index (χ1v) is 11.9. The molecule has 1 unspecified atom stereocenters. The number of amides is 2. The first-order chi connectivity index (χ1) is 17.0. The van der Waals surface area contributed by atoms with Crippen molar-refractivity contribution in [2.24, 2.45) is 11.5 Å². The summed E-state index contributed by atoms with van der Waals surface area (Å²) in [5.41, 5.74) is 15.7. The van der Waals surface area contributed by atoms with Crippen LogP contribution in [-0.2, 0) is 35.5 Å². The summed E-state index contributed by atoms with van der Waals surface area (Å²) in [6, 6.07) is 23.3. The molecule has 0 saturated heterocycles. The molecule has 0 aliphatic rings. The van der Waals surface area contributed by atoms with Crippen molar-refractivity contribution in [3.05, 3.63) is 101 Å². The van der Waals surface area contributed by atoms with Gasteiger partial charge in [-0.3, -0.25) is 9.59 Å². The topological polar surface area (TPSA) is 119 Å². The molecular formula is C28H34N4O3. The minimum absolute atomic E-state index is 0.265. The largest absolute Gasteiger partial charge is 0.494 e. The highest BCUT2D eigenvalue weighted by molar-refractivity contribution is 5.90. The Balaban J connectivity index is 1.63. The van der Waals surface area contributed by atoms with E-state index in [0.717, 1.165) is 28.0 Å². The zero-order chi connectivity index (χ0) is 25.0. The third-order valence-electron chi connectivity index (χ3n) is 5.67. The normalized spacial score (nSPS) is 12.4. The molecule has 0 fully saturated rings. The van der Waals surface area contributed by atoms with Crippen LogP contribution in [-0.4, -0.2) is 30.5 Å². The van der Waals surface area contributed by atoms with Gasteiger partial charge in [-0.05, 0) is 47.7 Å². The Morgan fingerprint density at radius 1 is 0.800 bits per heavy atom. The molecule has 35 heavy (non-hydrogen) atoms. The molecular weight excluding hydrogens is 440 g/mol. The van der Waals surface area contributed by atoms with E-state index in [0.29, 0.717) is 32.5 Å². The molecule has 0 spiro atoms. The predicted molar refractivity (Wildman–Crippen MR) is 138 cm³/mol. The van der Waals surface area contributed by atoms with Gasteiger partial charge in [-0.15, -0.1) is 0 Å². The number of rotatable bonds is 12. The number of hydrogen-bond donors (Lipinski definition) is 4. The lowest BCUT2D eigenvalue weighted by molar-refractivity contribution is -0.129. The number of hydrogen-bond acceptors (Lipinski definition) is 5. The van der Waals surface area contributed by atoms with Crippen LogP contribution >= 0.6 is 0 Å². The first kappa shape index (κ1) is 25.9. The fraction of sp³-hybridized carbons (Fsp3) is 0.286. The number of nitrogens with one attached hydrogen (secondary N) is 2. The van der Waals surface area contributed by atoms with Gasteiger partial charge in [0.05, 0.1) is 12.6 Å². The maximum Gasteiger partial charge on any atom is 0.243 e. The number of carbonyl (C=O) groups is 2. The van der Waals surface area contributed by atoms with Crippen LogP contribution in [0.15, 0.2) is 78.9 Å². The Labute approximate surface area is 206 Å². The van der Waals surface area contributed by atoms with E-state index < -0.39 is 12.1 Å². The second-order valence-electron chi connectivity index (χ2n) is 8.38. The maximum absolute atomic E-state index is 13.1.